The number of rotatable bonds is 4. The third-order valence-corrected chi connectivity index (χ3v) is 5.25. The molecule has 7 heteroatoms. The van der Waals surface area contributed by atoms with Crippen molar-refractivity contribution in [3.05, 3.63) is 29.8 Å². The predicted molar refractivity (Wildman–Crippen MR) is 91.0 cm³/mol. The minimum Gasteiger partial charge on any atom is -0.484 e. The number of carbonyl (C=O) groups is 3. The molecule has 0 radical (unpaired) electrons. The number of nitrogens with zero attached hydrogens (tertiary/aromatic N) is 2. The number of hydrogen-bond donors (Lipinski definition) is 0. The monoisotopic (exact) mass is 348 g/mol. The van der Waals surface area contributed by atoms with E-state index in [-0.39, 0.29) is 35.5 Å². The van der Waals surface area contributed by atoms with Gasteiger partial charge in [-0.2, -0.15) is 0 Å². The molecule has 0 aliphatic carbocycles. The summed E-state index contributed by atoms with van der Waals surface area (Å²) in [5, 5.41) is -0.160. The van der Waals surface area contributed by atoms with Gasteiger partial charge in [0.05, 0.1) is 5.75 Å². The van der Waals surface area contributed by atoms with E-state index in [1.165, 1.54) is 4.90 Å². The first-order valence-corrected chi connectivity index (χ1v) is 9.00. The number of aryl methyl sites for hydroxylation is 1. The lowest BCUT2D eigenvalue weighted by Gasteiger charge is -2.35. The molecule has 128 valence electrons. The van der Waals surface area contributed by atoms with E-state index in [0.29, 0.717) is 31.7 Å². The van der Waals surface area contributed by atoms with Gasteiger partial charge < -0.3 is 9.64 Å². The number of carbonyl (C=O) groups excluding carboxylic acids is 3. The van der Waals surface area contributed by atoms with Gasteiger partial charge in [0.15, 0.2) is 6.61 Å². The van der Waals surface area contributed by atoms with Gasteiger partial charge >= 0.3 is 0 Å². The molecular weight excluding hydrogens is 328 g/mol. The predicted octanol–water partition coefficient (Wildman–Crippen LogP) is 2.06. The minimum atomic E-state index is -0.160. The normalized spacial score (nSPS) is 19.0. The summed E-state index contributed by atoms with van der Waals surface area (Å²) in [6.45, 7) is 3.03. The Kier molecular flexibility index (Phi) is 5.08. The van der Waals surface area contributed by atoms with E-state index >= 15 is 0 Å². The van der Waals surface area contributed by atoms with Crippen LogP contribution in [-0.2, 0) is 9.59 Å². The molecule has 2 aliphatic rings. The first-order valence-electron chi connectivity index (χ1n) is 8.01. The van der Waals surface area contributed by atoms with Crippen LogP contribution >= 0.6 is 11.8 Å². The zero-order chi connectivity index (χ0) is 17.1. The van der Waals surface area contributed by atoms with Crippen molar-refractivity contribution in [1.29, 1.82) is 0 Å². The molecule has 1 aromatic rings. The van der Waals surface area contributed by atoms with E-state index in [9.17, 15) is 14.4 Å². The van der Waals surface area contributed by atoms with Gasteiger partial charge in [-0.15, -0.1) is 0 Å². The van der Waals surface area contributed by atoms with Crippen molar-refractivity contribution in [2.45, 2.75) is 25.8 Å². The largest absolute Gasteiger partial charge is 0.484 e. The number of imide groups is 1. The van der Waals surface area contributed by atoms with Gasteiger partial charge in [0, 0.05) is 19.1 Å². The maximum atomic E-state index is 12.3. The maximum absolute atomic E-state index is 12.3. The summed E-state index contributed by atoms with van der Waals surface area (Å²) in [4.78, 5) is 38.9. The van der Waals surface area contributed by atoms with Crippen LogP contribution in [0.2, 0.25) is 0 Å². The van der Waals surface area contributed by atoms with Crippen LogP contribution in [0, 0.1) is 6.92 Å². The summed E-state index contributed by atoms with van der Waals surface area (Å²) in [5.74, 6) is 0.774. The number of para-hydroxylation sites is 1. The zero-order valence-electron chi connectivity index (χ0n) is 13.6. The molecule has 3 rings (SSSR count). The molecule has 0 spiro atoms. The van der Waals surface area contributed by atoms with Crippen LogP contribution in [0.5, 0.6) is 5.75 Å². The Hall–Kier alpha value is -2.02. The van der Waals surface area contributed by atoms with Gasteiger partial charge in [-0.1, -0.05) is 30.0 Å². The van der Waals surface area contributed by atoms with Crippen LogP contribution in [-0.4, -0.2) is 58.3 Å². The van der Waals surface area contributed by atoms with Gasteiger partial charge in [-0.05, 0) is 31.4 Å². The molecule has 0 aromatic heterocycles. The Morgan fingerprint density at radius 1 is 1.25 bits per heavy atom. The van der Waals surface area contributed by atoms with Crippen molar-refractivity contribution in [1.82, 2.24) is 9.80 Å². The van der Waals surface area contributed by atoms with Crippen molar-refractivity contribution >= 4 is 28.8 Å². The second-order valence-corrected chi connectivity index (χ2v) is 6.91. The van der Waals surface area contributed by atoms with Gasteiger partial charge in [0.25, 0.3) is 11.1 Å². The number of likely N-dealkylation sites (tertiary alicyclic amines) is 1. The number of amides is 3. The van der Waals surface area contributed by atoms with Crippen molar-refractivity contribution in [2.24, 2.45) is 0 Å². The molecule has 3 amide bonds. The van der Waals surface area contributed by atoms with E-state index in [1.807, 2.05) is 31.2 Å². The molecule has 0 atom stereocenters. The highest BCUT2D eigenvalue weighted by Crippen LogP contribution is 2.26. The smallest absolute Gasteiger partial charge is 0.289 e. The zero-order valence-corrected chi connectivity index (χ0v) is 14.4. The third-order valence-electron chi connectivity index (χ3n) is 4.41. The van der Waals surface area contributed by atoms with Crippen LogP contribution in [0.1, 0.15) is 18.4 Å². The Bertz CT molecular complexity index is 640. The summed E-state index contributed by atoms with van der Waals surface area (Å²) in [5.41, 5.74) is 0.993. The van der Waals surface area contributed by atoms with Crippen molar-refractivity contribution < 1.29 is 19.1 Å². The molecule has 2 heterocycles. The number of hydrogen-bond acceptors (Lipinski definition) is 5. The Balaban J connectivity index is 1.49. The summed E-state index contributed by atoms with van der Waals surface area (Å²) in [6.07, 6.45) is 1.27. The number of piperidine rings is 1. The quantitative estimate of drug-likeness (QED) is 0.833. The third kappa shape index (κ3) is 3.56. The molecule has 0 bridgehead atoms. The highest BCUT2D eigenvalue weighted by atomic mass is 32.2. The summed E-state index contributed by atoms with van der Waals surface area (Å²) in [7, 11) is 0. The molecule has 1 aromatic carbocycles. The Morgan fingerprint density at radius 3 is 2.58 bits per heavy atom. The fourth-order valence-corrected chi connectivity index (χ4v) is 3.82. The highest BCUT2D eigenvalue weighted by molar-refractivity contribution is 8.14. The molecule has 2 saturated heterocycles. The summed E-state index contributed by atoms with van der Waals surface area (Å²) in [6, 6.07) is 7.50. The lowest BCUT2D eigenvalue weighted by molar-refractivity contribution is -0.135. The SMILES string of the molecule is Cc1ccccc1OCC(=O)N1CCC(N2C(=O)CSC2=O)CC1. The molecule has 24 heavy (non-hydrogen) atoms. The summed E-state index contributed by atoms with van der Waals surface area (Å²) >= 11 is 1.06. The van der Waals surface area contributed by atoms with E-state index in [2.05, 4.69) is 0 Å². The highest BCUT2D eigenvalue weighted by Gasteiger charge is 2.37. The van der Waals surface area contributed by atoms with Crippen LogP contribution in [0.3, 0.4) is 0 Å². The van der Waals surface area contributed by atoms with Gasteiger partial charge in [-0.25, -0.2) is 0 Å². The average molecular weight is 348 g/mol. The Morgan fingerprint density at radius 2 is 1.96 bits per heavy atom. The lowest BCUT2D eigenvalue weighted by atomic mass is 10.0. The minimum absolute atomic E-state index is 0.00689. The maximum Gasteiger partial charge on any atom is 0.289 e. The average Bonchev–Trinajstić information content (AvgIpc) is 2.93. The molecule has 2 aliphatic heterocycles. The first kappa shape index (κ1) is 16.8. The first-order chi connectivity index (χ1) is 11.6. The van der Waals surface area contributed by atoms with Crippen molar-refractivity contribution in [3.63, 3.8) is 0 Å². The molecule has 0 N–H and O–H groups in total. The van der Waals surface area contributed by atoms with Crippen molar-refractivity contribution in [2.75, 3.05) is 25.4 Å². The fraction of sp³-hybridized carbons (Fsp3) is 0.471. The Labute approximate surface area is 145 Å². The topological polar surface area (TPSA) is 66.9 Å². The standard InChI is InChI=1S/C17H20N2O4S/c1-12-4-2-3-5-14(12)23-10-15(20)18-8-6-13(7-9-18)19-16(21)11-24-17(19)22/h2-5,13H,6-11H2,1H3. The van der Waals surface area contributed by atoms with Gasteiger partial charge in [0.1, 0.15) is 5.75 Å². The molecule has 0 saturated carbocycles. The number of thioether (sulfide) groups is 1. The summed E-state index contributed by atoms with van der Waals surface area (Å²) < 4.78 is 5.60. The molecule has 2 fully saturated rings. The number of benzene rings is 1. The van der Waals surface area contributed by atoms with Crippen LogP contribution < -0.4 is 4.74 Å². The molecular formula is C17H20N2O4S. The van der Waals surface area contributed by atoms with Gasteiger partial charge in [0.2, 0.25) is 5.91 Å². The second kappa shape index (κ2) is 7.25. The van der Waals surface area contributed by atoms with E-state index < -0.39 is 0 Å². The van der Waals surface area contributed by atoms with Gasteiger partial charge in [-0.3, -0.25) is 19.3 Å². The van der Waals surface area contributed by atoms with E-state index in [1.54, 1.807) is 4.90 Å². The van der Waals surface area contributed by atoms with E-state index in [0.717, 1.165) is 17.3 Å². The fourth-order valence-electron chi connectivity index (χ4n) is 3.04. The van der Waals surface area contributed by atoms with Crippen LogP contribution in [0.4, 0.5) is 4.79 Å². The second-order valence-electron chi connectivity index (χ2n) is 5.98. The van der Waals surface area contributed by atoms with Crippen LogP contribution in [0.15, 0.2) is 24.3 Å². The number of ether oxygens (including phenoxy) is 1. The molecule has 6 nitrogen and oxygen atoms in total. The van der Waals surface area contributed by atoms with E-state index in [4.69, 9.17) is 4.74 Å². The lowest BCUT2D eigenvalue weighted by Crippen LogP contribution is -2.49. The van der Waals surface area contributed by atoms with Crippen LogP contribution in [0.25, 0.3) is 0 Å². The molecule has 0 unspecified atom stereocenters. The van der Waals surface area contributed by atoms with Crippen molar-refractivity contribution in [3.8, 4) is 5.75 Å².